The second-order valence-electron chi connectivity index (χ2n) is 6.57. The molecule has 3 rings (SSSR count). The third-order valence-electron chi connectivity index (χ3n) is 4.52. The number of benzene rings is 1. The summed E-state index contributed by atoms with van der Waals surface area (Å²) in [4.78, 5) is 12.4. The van der Waals surface area contributed by atoms with Crippen molar-refractivity contribution in [3.63, 3.8) is 0 Å². The molecule has 1 saturated carbocycles. The summed E-state index contributed by atoms with van der Waals surface area (Å²) in [6.45, 7) is 1.45. The molecular formula is C17H19BrClN3O4S. The van der Waals surface area contributed by atoms with Gasteiger partial charge in [-0.05, 0) is 37.6 Å². The highest BCUT2D eigenvalue weighted by molar-refractivity contribution is 9.10. The number of pyridine rings is 1. The minimum Gasteiger partial charge on any atom is -0.396 e. The predicted molar refractivity (Wildman–Crippen MR) is 110 cm³/mol. The molecule has 10 heteroatoms. The number of hydrogen-bond donors (Lipinski definition) is 3. The van der Waals surface area contributed by atoms with Crippen LogP contribution in [0.4, 0.5) is 17.2 Å². The maximum absolute atomic E-state index is 12.6. The minimum atomic E-state index is -3.69. The van der Waals surface area contributed by atoms with Gasteiger partial charge in [-0.1, -0.05) is 27.5 Å². The summed E-state index contributed by atoms with van der Waals surface area (Å²) >= 11 is 9.57. The smallest absolute Gasteiger partial charge is 0.254 e. The molecule has 1 aromatic carbocycles. The van der Waals surface area contributed by atoms with Crippen LogP contribution in [0.15, 0.2) is 33.5 Å². The molecular weight excluding hydrogens is 458 g/mol. The van der Waals surface area contributed by atoms with E-state index >= 15 is 0 Å². The van der Waals surface area contributed by atoms with E-state index in [1.165, 1.54) is 10.6 Å². The molecule has 0 aliphatic heterocycles. The lowest BCUT2D eigenvalue weighted by Crippen LogP contribution is -2.26. The number of aliphatic hydroxyl groups excluding tert-OH is 1. The van der Waals surface area contributed by atoms with E-state index < -0.39 is 15.3 Å². The quantitative estimate of drug-likeness (QED) is 0.595. The molecule has 2 atom stereocenters. The van der Waals surface area contributed by atoms with E-state index in [1.807, 2.05) is 0 Å². The number of nitrogens with one attached hydrogen (secondary N) is 2. The SMILES string of the molecule is Cc1cc(NS(=O)(=O)C2CC2CO)c(Nc2ccc(Br)cc2Cl)n(C)c1=O. The summed E-state index contributed by atoms with van der Waals surface area (Å²) in [5.41, 5.74) is 0.918. The Morgan fingerprint density at radius 3 is 2.63 bits per heavy atom. The Balaban J connectivity index is 2.02. The lowest BCUT2D eigenvalue weighted by molar-refractivity contribution is 0.277. The first-order valence-corrected chi connectivity index (χ1v) is 10.9. The second kappa shape index (κ2) is 7.46. The molecule has 0 spiro atoms. The zero-order chi connectivity index (χ0) is 19.9. The van der Waals surface area contributed by atoms with E-state index in [9.17, 15) is 13.2 Å². The van der Waals surface area contributed by atoms with Crippen molar-refractivity contribution < 1.29 is 13.5 Å². The van der Waals surface area contributed by atoms with Gasteiger partial charge in [0, 0.05) is 29.6 Å². The molecule has 2 unspecified atom stereocenters. The molecule has 3 N–H and O–H groups in total. The molecule has 0 radical (unpaired) electrons. The number of aromatic nitrogens is 1. The summed E-state index contributed by atoms with van der Waals surface area (Å²) in [5.74, 6) is 0.0213. The Kier molecular flexibility index (Phi) is 5.58. The van der Waals surface area contributed by atoms with Gasteiger partial charge in [-0.3, -0.25) is 14.1 Å². The van der Waals surface area contributed by atoms with Crippen LogP contribution in [0, 0.1) is 12.8 Å². The van der Waals surface area contributed by atoms with Crippen LogP contribution in [0.3, 0.4) is 0 Å². The fraction of sp³-hybridized carbons (Fsp3) is 0.353. The first-order chi connectivity index (χ1) is 12.6. The van der Waals surface area contributed by atoms with E-state index in [0.29, 0.717) is 22.7 Å². The third-order valence-corrected chi connectivity index (χ3v) is 7.21. The van der Waals surface area contributed by atoms with Crippen LogP contribution in [0.25, 0.3) is 0 Å². The maximum atomic E-state index is 12.6. The van der Waals surface area contributed by atoms with Gasteiger partial charge >= 0.3 is 0 Å². The van der Waals surface area contributed by atoms with Gasteiger partial charge in [-0.25, -0.2) is 8.42 Å². The molecule has 1 heterocycles. The number of anilines is 3. The van der Waals surface area contributed by atoms with Crippen LogP contribution < -0.4 is 15.6 Å². The van der Waals surface area contributed by atoms with Crippen molar-refractivity contribution in [2.24, 2.45) is 13.0 Å². The Hall–Kier alpha value is -1.55. The molecule has 1 fully saturated rings. The summed E-state index contributed by atoms with van der Waals surface area (Å²) in [5, 5.41) is 12.0. The van der Waals surface area contributed by atoms with Crippen molar-refractivity contribution >= 4 is 54.7 Å². The summed E-state index contributed by atoms with van der Waals surface area (Å²) < 4.78 is 29.9. The predicted octanol–water partition coefficient (Wildman–Crippen LogP) is 2.98. The van der Waals surface area contributed by atoms with Crippen LogP contribution in [-0.4, -0.2) is 29.9 Å². The van der Waals surface area contributed by atoms with Crippen LogP contribution >= 0.6 is 27.5 Å². The molecule has 1 aliphatic rings. The fourth-order valence-corrected chi connectivity index (χ4v) is 5.29. The topological polar surface area (TPSA) is 100 Å². The molecule has 1 aliphatic carbocycles. The largest absolute Gasteiger partial charge is 0.396 e. The Labute approximate surface area is 170 Å². The van der Waals surface area contributed by atoms with E-state index in [2.05, 4.69) is 26.0 Å². The molecule has 0 bridgehead atoms. The van der Waals surface area contributed by atoms with Crippen molar-refractivity contribution in [2.45, 2.75) is 18.6 Å². The zero-order valence-electron chi connectivity index (χ0n) is 14.7. The van der Waals surface area contributed by atoms with Crippen molar-refractivity contribution in [2.75, 3.05) is 16.6 Å². The molecule has 1 aromatic heterocycles. The van der Waals surface area contributed by atoms with Gasteiger partial charge in [-0.15, -0.1) is 0 Å². The zero-order valence-corrected chi connectivity index (χ0v) is 17.8. The molecule has 2 aromatic rings. The summed E-state index contributed by atoms with van der Waals surface area (Å²) in [6.07, 6.45) is 0.415. The van der Waals surface area contributed by atoms with Gasteiger partial charge < -0.3 is 10.4 Å². The lowest BCUT2D eigenvalue weighted by atomic mass is 10.2. The average molecular weight is 477 g/mol. The minimum absolute atomic E-state index is 0.169. The number of hydrogen-bond acceptors (Lipinski definition) is 5. The number of nitrogens with zero attached hydrogens (tertiary/aromatic N) is 1. The number of aliphatic hydroxyl groups is 1. The van der Waals surface area contributed by atoms with Gasteiger partial charge in [0.05, 0.1) is 21.6 Å². The normalized spacial score (nSPS) is 19.0. The molecule has 0 saturated heterocycles. The first kappa shape index (κ1) is 20.2. The van der Waals surface area contributed by atoms with E-state index in [4.69, 9.17) is 16.7 Å². The van der Waals surface area contributed by atoms with Crippen molar-refractivity contribution in [1.82, 2.24) is 4.57 Å². The van der Waals surface area contributed by atoms with Gasteiger partial charge in [0.25, 0.3) is 5.56 Å². The number of aryl methyl sites for hydroxylation is 1. The van der Waals surface area contributed by atoms with Crippen molar-refractivity contribution in [1.29, 1.82) is 0 Å². The number of sulfonamides is 1. The van der Waals surface area contributed by atoms with Crippen molar-refractivity contribution in [3.8, 4) is 0 Å². The van der Waals surface area contributed by atoms with Crippen LogP contribution in [0.5, 0.6) is 0 Å². The standard InChI is InChI=1S/C17H19BrClN3O4S/c1-9-5-14(21-27(25,26)15-6-10(15)8-23)16(22(2)17(9)24)20-13-4-3-11(18)7-12(13)19/h3-5,7,10,15,20-21,23H,6,8H2,1-2H3. The Morgan fingerprint density at radius 1 is 1.33 bits per heavy atom. The highest BCUT2D eigenvalue weighted by Crippen LogP contribution is 2.39. The van der Waals surface area contributed by atoms with E-state index in [1.54, 1.807) is 32.2 Å². The Morgan fingerprint density at radius 2 is 2.04 bits per heavy atom. The maximum Gasteiger partial charge on any atom is 0.254 e. The highest BCUT2D eigenvalue weighted by Gasteiger charge is 2.47. The third kappa shape index (κ3) is 4.16. The van der Waals surface area contributed by atoms with Gasteiger partial charge in [-0.2, -0.15) is 0 Å². The van der Waals surface area contributed by atoms with Crippen LogP contribution in [0.2, 0.25) is 5.02 Å². The van der Waals surface area contributed by atoms with E-state index in [0.717, 1.165) is 4.47 Å². The molecule has 27 heavy (non-hydrogen) atoms. The molecule has 146 valence electrons. The monoisotopic (exact) mass is 475 g/mol. The Bertz CT molecular complexity index is 1050. The summed E-state index contributed by atoms with van der Waals surface area (Å²) in [7, 11) is -2.13. The van der Waals surface area contributed by atoms with Gasteiger partial charge in [0.15, 0.2) is 0 Å². The first-order valence-electron chi connectivity index (χ1n) is 8.19. The van der Waals surface area contributed by atoms with Gasteiger partial charge in [0.1, 0.15) is 5.82 Å². The van der Waals surface area contributed by atoms with Crippen LogP contribution in [-0.2, 0) is 17.1 Å². The number of rotatable bonds is 6. The van der Waals surface area contributed by atoms with Gasteiger partial charge in [0.2, 0.25) is 10.0 Å². The second-order valence-corrected chi connectivity index (χ2v) is 9.79. The summed E-state index contributed by atoms with van der Waals surface area (Å²) in [6, 6.07) is 6.68. The molecule has 0 amide bonds. The van der Waals surface area contributed by atoms with Crippen LogP contribution in [0.1, 0.15) is 12.0 Å². The van der Waals surface area contributed by atoms with E-state index in [-0.39, 0.29) is 29.6 Å². The lowest BCUT2D eigenvalue weighted by Gasteiger charge is -2.19. The number of halogens is 2. The average Bonchev–Trinajstić information content (AvgIpc) is 3.39. The van der Waals surface area contributed by atoms with Crippen molar-refractivity contribution in [3.05, 3.63) is 49.7 Å². The molecule has 7 nitrogen and oxygen atoms in total. The fourth-order valence-electron chi connectivity index (χ4n) is 2.86. The highest BCUT2D eigenvalue weighted by atomic mass is 79.9.